The first-order chi connectivity index (χ1) is 29.7. The molecule has 0 saturated carbocycles. The van der Waals surface area contributed by atoms with E-state index in [4.69, 9.17) is 23.7 Å². The van der Waals surface area contributed by atoms with Gasteiger partial charge in [0.2, 0.25) is 12.6 Å². The summed E-state index contributed by atoms with van der Waals surface area (Å²) in [6.07, 6.45) is 1.04. The van der Waals surface area contributed by atoms with Gasteiger partial charge in [-0.25, -0.2) is 4.79 Å². The van der Waals surface area contributed by atoms with Gasteiger partial charge in [0.25, 0.3) is 0 Å². The first kappa shape index (κ1) is 53.9. The van der Waals surface area contributed by atoms with Crippen molar-refractivity contribution in [3.8, 4) is 0 Å². The van der Waals surface area contributed by atoms with E-state index in [1.165, 1.54) is 6.92 Å². The normalized spacial score (nSPS) is 16.3. The first-order valence-corrected chi connectivity index (χ1v) is 23.2. The number of Topliss-reactive ketones (excluding diaryl/α,β-unsaturated/α-hetero) is 1. The fourth-order valence-corrected chi connectivity index (χ4v) is 9.39. The van der Waals surface area contributed by atoms with Crippen molar-refractivity contribution in [1.29, 1.82) is 0 Å². The number of fused-ring (bicyclic) bond motifs is 2. The minimum absolute atomic E-state index is 0.0660. The average molecular weight is 909 g/mol. The van der Waals surface area contributed by atoms with E-state index in [0.29, 0.717) is 19.0 Å². The molecule has 6 atom stereocenters. The van der Waals surface area contributed by atoms with Gasteiger partial charge in [-0.05, 0) is 111 Å². The molecule has 0 aromatic heterocycles. The third-order valence-electron chi connectivity index (χ3n) is 13.1. The zero-order valence-corrected chi connectivity index (χ0v) is 41.4. The average Bonchev–Trinajstić information content (AvgIpc) is 3.23. The van der Waals surface area contributed by atoms with Crippen LogP contribution in [0.5, 0.6) is 0 Å². The highest BCUT2D eigenvalue weighted by atomic mass is 31.0. The Hall–Kier alpha value is -4.41. The predicted molar refractivity (Wildman–Crippen MR) is 251 cm³/mol. The first-order valence-electron chi connectivity index (χ1n) is 22.4. The Labute approximate surface area is 382 Å². The van der Waals surface area contributed by atoms with Crippen LogP contribution in [-0.4, -0.2) is 73.0 Å². The van der Waals surface area contributed by atoms with Crippen molar-refractivity contribution in [3.05, 3.63) is 60.2 Å². The Morgan fingerprint density at radius 1 is 0.656 bits per heavy atom. The van der Waals surface area contributed by atoms with E-state index in [1.807, 2.05) is 90.1 Å². The summed E-state index contributed by atoms with van der Waals surface area (Å²) in [5.74, 6) is -4.89. The molecule has 3 rings (SSSR count). The Morgan fingerprint density at radius 2 is 1.16 bits per heavy atom. The molecule has 0 aliphatic heterocycles. The Balaban J connectivity index is 2.26. The van der Waals surface area contributed by atoms with Crippen molar-refractivity contribution in [1.82, 2.24) is 0 Å². The highest BCUT2D eigenvalue weighted by Crippen LogP contribution is 2.55. The Kier molecular flexibility index (Phi) is 18.7. The molecule has 12 nitrogen and oxygen atoms in total. The van der Waals surface area contributed by atoms with Gasteiger partial charge in [-0.3, -0.25) is 24.0 Å². The predicted octanol–water partition coefficient (Wildman–Crippen LogP) is 9.86. The molecule has 13 heteroatoms. The van der Waals surface area contributed by atoms with Gasteiger partial charge in [-0.1, -0.05) is 103 Å². The van der Waals surface area contributed by atoms with Crippen molar-refractivity contribution in [3.63, 3.8) is 0 Å². The van der Waals surface area contributed by atoms with Gasteiger partial charge in [0.15, 0.2) is 0 Å². The Morgan fingerprint density at radius 3 is 1.66 bits per heavy atom. The lowest BCUT2D eigenvalue weighted by molar-refractivity contribution is -0.184. The highest BCUT2D eigenvalue weighted by molar-refractivity contribution is 7.16. The van der Waals surface area contributed by atoms with Gasteiger partial charge in [0.05, 0.1) is 34.4 Å². The molecule has 64 heavy (non-hydrogen) atoms. The van der Waals surface area contributed by atoms with Crippen molar-refractivity contribution in [2.75, 3.05) is 26.2 Å². The summed E-state index contributed by atoms with van der Waals surface area (Å²) in [5, 5.41) is 13.9. The molecular formula is C51H73O12P. The minimum atomic E-state index is -1.72. The van der Waals surface area contributed by atoms with E-state index in [1.54, 1.807) is 27.7 Å². The molecule has 6 unspecified atom stereocenters. The van der Waals surface area contributed by atoms with E-state index in [2.05, 4.69) is 15.3 Å². The molecule has 354 valence electrons. The molecule has 0 radical (unpaired) electrons. The molecule has 0 aliphatic carbocycles. The summed E-state index contributed by atoms with van der Waals surface area (Å²) < 4.78 is 28.5. The summed E-state index contributed by atoms with van der Waals surface area (Å²) >= 11 is 0. The second-order valence-electron chi connectivity index (χ2n) is 20.2. The van der Waals surface area contributed by atoms with Gasteiger partial charge in [-0.2, -0.15) is 0 Å². The number of hydrogen-bond acceptors (Lipinski definition) is 12. The van der Waals surface area contributed by atoms with Gasteiger partial charge >= 0.3 is 29.8 Å². The fourth-order valence-electron chi connectivity index (χ4n) is 8.94. The van der Waals surface area contributed by atoms with Crippen LogP contribution in [0.3, 0.4) is 0 Å². The van der Waals surface area contributed by atoms with Crippen LogP contribution in [-0.2, 0) is 59.1 Å². The second-order valence-corrected chi connectivity index (χ2v) is 20.6. The number of carbonyl (C=O) groups excluding carboxylic acids is 6. The van der Waals surface area contributed by atoms with Crippen LogP contribution in [0.4, 0.5) is 0 Å². The lowest BCUT2D eigenvalue weighted by atomic mass is 9.56. The van der Waals surface area contributed by atoms with Gasteiger partial charge < -0.3 is 28.8 Å². The SMILES string of the molecule is CCCCOC(=O)C(C)(CC(C)(CC(C)(CC(C)(C)CC)C(=O)OCc1c2ccccc2cc2ccccc12)C(=O)OCOC(=O)C(C)=O)CC(C)(C(=O)OCC(C)O)C(C)(C)CP. The number of aliphatic hydroxyl groups excluding tert-OH is 1. The maximum absolute atomic E-state index is 15.0. The summed E-state index contributed by atoms with van der Waals surface area (Å²) in [4.78, 5) is 82.6. The number of ether oxygens (including phenoxy) is 5. The van der Waals surface area contributed by atoms with E-state index < -0.39 is 81.0 Å². The summed E-state index contributed by atoms with van der Waals surface area (Å²) in [6.45, 7) is 19.8. The molecule has 0 saturated heterocycles. The number of esters is 5. The van der Waals surface area contributed by atoms with Crippen LogP contribution < -0.4 is 0 Å². The largest absolute Gasteiger partial charge is 0.465 e. The fraction of sp³-hybridized carbons (Fsp3) is 0.608. The number of benzene rings is 3. The van der Waals surface area contributed by atoms with Crippen LogP contribution in [0.2, 0.25) is 0 Å². The maximum atomic E-state index is 15.0. The van der Waals surface area contributed by atoms with Gasteiger partial charge in [0.1, 0.15) is 13.2 Å². The molecule has 0 fully saturated rings. The highest BCUT2D eigenvalue weighted by Gasteiger charge is 2.58. The number of unbranched alkanes of at least 4 members (excludes halogenated alkanes) is 1. The van der Waals surface area contributed by atoms with Crippen LogP contribution in [0.1, 0.15) is 134 Å². The number of aliphatic hydroxyl groups is 1. The molecule has 1 N–H and O–H groups in total. The van der Waals surface area contributed by atoms with Crippen molar-refractivity contribution < 1.29 is 57.6 Å². The van der Waals surface area contributed by atoms with E-state index in [0.717, 1.165) is 40.5 Å². The number of carbonyl (C=O) groups is 6. The zero-order chi connectivity index (χ0) is 48.3. The third kappa shape index (κ3) is 13.3. The lowest BCUT2D eigenvalue weighted by Gasteiger charge is -2.48. The summed E-state index contributed by atoms with van der Waals surface area (Å²) in [6, 6.07) is 17.9. The third-order valence-corrected chi connectivity index (χ3v) is 14.2. The molecular weight excluding hydrogens is 836 g/mol. The van der Waals surface area contributed by atoms with Crippen molar-refractivity contribution in [2.24, 2.45) is 32.5 Å². The molecule has 0 bridgehead atoms. The second kappa shape index (κ2) is 22.2. The Bertz CT molecular complexity index is 2090. The van der Waals surface area contributed by atoms with Gasteiger partial charge in [0, 0.05) is 12.5 Å². The van der Waals surface area contributed by atoms with Crippen molar-refractivity contribution >= 4 is 66.4 Å². The quantitative estimate of drug-likeness (QED) is 0.0163. The molecule has 0 aliphatic rings. The monoisotopic (exact) mass is 908 g/mol. The molecule has 3 aromatic rings. The van der Waals surface area contributed by atoms with Crippen molar-refractivity contribution in [2.45, 2.75) is 141 Å². The van der Waals surface area contributed by atoms with E-state index in [9.17, 15) is 29.1 Å². The topological polar surface area (TPSA) is 169 Å². The van der Waals surface area contributed by atoms with Crippen LogP contribution in [0.25, 0.3) is 21.5 Å². The minimum Gasteiger partial charge on any atom is -0.465 e. The molecule has 0 heterocycles. The smallest absolute Gasteiger partial charge is 0.377 e. The number of rotatable bonds is 25. The number of ketones is 1. The summed E-state index contributed by atoms with van der Waals surface area (Å²) in [5.41, 5.74) is -6.55. The zero-order valence-electron chi connectivity index (χ0n) is 40.3. The summed E-state index contributed by atoms with van der Waals surface area (Å²) in [7, 11) is 2.66. The lowest BCUT2D eigenvalue weighted by Crippen LogP contribution is -2.52. The molecule has 0 spiro atoms. The maximum Gasteiger partial charge on any atom is 0.377 e. The van der Waals surface area contributed by atoms with E-state index >= 15 is 4.79 Å². The molecule has 0 amide bonds. The van der Waals surface area contributed by atoms with Crippen LogP contribution >= 0.6 is 9.24 Å². The van der Waals surface area contributed by atoms with E-state index in [-0.39, 0.29) is 45.5 Å². The van der Waals surface area contributed by atoms with Gasteiger partial charge in [-0.15, -0.1) is 9.24 Å². The molecule has 3 aromatic carbocycles. The standard InChI is InChI=1S/C51H73O12P/c1-13-15-24-59-42(55)50(11,31-51(12,47(7,8)32-64)45(58)60-26-34(3)52)30-49(10,44(57)63-33-62-41(54)35(4)53)29-48(9,28-46(5,6)14-2)43(56)61-27-40-38-22-18-16-20-36(38)25-37-21-17-19-23-39(37)40/h16-23,25,34,52H,13-15,24,26-33,64H2,1-12H3. The number of hydrogen-bond donors (Lipinski definition) is 1. The van der Waals surface area contributed by atoms with Crippen LogP contribution in [0.15, 0.2) is 54.6 Å². The van der Waals surface area contributed by atoms with Crippen LogP contribution in [0, 0.1) is 32.5 Å².